The molecule has 0 aromatic heterocycles. The number of nitrogens with zero attached hydrogens (tertiary/aromatic N) is 3. The average Bonchev–Trinajstić information content (AvgIpc) is 2.63. The van der Waals surface area contributed by atoms with Crippen LogP contribution in [0.4, 0.5) is 14.5 Å². The van der Waals surface area contributed by atoms with Crippen LogP contribution in [-0.2, 0) is 4.79 Å². The molecule has 132 valence electrons. The number of amides is 1. The van der Waals surface area contributed by atoms with E-state index >= 15 is 0 Å². The molecule has 0 aliphatic carbocycles. The fourth-order valence-corrected chi connectivity index (χ4v) is 3.27. The lowest BCUT2D eigenvalue weighted by Crippen LogP contribution is -2.49. The molecule has 2 aliphatic heterocycles. The second kappa shape index (κ2) is 7.90. The topological polar surface area (TPSA) is 38.8 Å². The summed E-state index contributed by atoms with van der Waals surface area (Å²) in [4.78, 5) is 18.2. The number of anilines is 1. The third kappa shape index (κ3) is 4.21. The maximum Gasteiger partial charge on any atom is 0.223 e. The first kappa shape index (κ1) is 17.1. The Labute approximate surface area is 141 Å². The summed E-state index contributed by atoms with van der Waals surface area (Å²) in [6.07, 6.45) is 0.522. The average molecular weight is 338 g/mol. The van der Waals surface area contributed by atoms with Crippen LogP contribution in [0.1, 0.15) is 6.42 Å². The van der Waals surface area contributed by atoms with Crippen molar-refractivity contribution in [3.8, 4) is 0 Å². The largest absolute Gasteiger partial charge is 0.367 e. The number of carbonyl (C=O) groups excluding carboxylic acids is 1. The van der Waals surface area contributed by atoms with Crippen molar-refractivity contribution in [1.82, 2.24) is 15.1 Å². The highest BCUT2D eigenvalue weighted by Crippen LogP contribution is 2.21. The highest BCUT2D eigenvalue weighted by atomic mass is 19.1. The van der Waals surface area contributed by atoms with Crippen molar-refractivity contribution in [2.45, 2.75) is 6.42 Å². The van der Waals surface area contributed by atoms with Crippen LogP contribution in [0.25, 0.3) is 0 Å². The Bertz CT molecular complexity index is 570. The summed E-state index contributed by atoms with van der Waals surface area (Å²) in [5, 5.41) is 3.24. The first-order valence-corrected chi connectivity index (χ1v) is 8.54. The molecule has 1 aromatic rings. The summed E-state index contributed by atoms with van der Waals surface area (Å²) in [6.45, 7) is 6.81. The molecule has 3 rings (SSSR count). The third-order valence-corrected chi connectivity index (χ3v) is 4.73. The first-order chi connectivity index (χ1) is 11.6. The Morgan fingerprint density at radius 1 is 1.04 bits per heavy atom. The smallest absolute Gasteiger partial charge is 0.223 e. The molecule has 2 aliphatic rings. The second-order valence-corrected chi connectivity index (χ2v) is 6.31. The highest BCUT2D eigenvalue weighted by molar-refractivity contribution is 5.76. The van der Waals surface area contributed by atoms with E-state index < -0.39 is 11.6 Å². The standard InChI is InChI=1S/C17H24F2N4O/c18-14-1-2-15(19)16(13-14)22-11-9-21(10-12-22)6-3-17(24)23-7-4-20-5-8-23/h1-2,13,20H,3-12H2. The quantitative estimate of drug-likeness (QED) is 0.886. The van der Waals surface area contributed by atoms with Crippen LogP contribution >= 0.6 is 0 Å². The van der Waals surface area contributed by atoms with Gasteiger partial charge in [0.15, 0.2) is 0 Å². The summed E-state index contributed by atoms with van der Waals surface area (Å²) >= 11 is 0. The Morgan fingerprint density at radius 2 is 1.75 bits per heavy atom. The summed E-state index contributed by atoms with van der Waals surface area (Å²) in [5.41, 5.74) is 0.326. The van der Waals surface area contributed by atoms with Crippen LogP contribution < -0.4 is 10.2 Å². The van der Waals surface area contributed by atoms with E-state index in [9.17, 15) is 13.6 Å². The normalized spacial score (nSPS) is 19.6. The van der Waals surface area contributed by atoms with Crippen LogP contribution in [0, 0.1) is 11.6 Å². The number of nitrogens with one attached hydrogen (secondary N) is 1. The molecule has 0 radical (unpaired) electrons. The number of benzene rings is 1. The third-order valence-electron chi connectivity index (χ3n) is 4.73. The first-order valence-electron chi connectivity index (χ1n) is 8.54. The number of rotatable bonds is 4. The maximum absolute atomic E-state index is 13.8. The minimum Gasteiger partial charge on any atom is -0.367 e. The van der Waals surface area contributed by atoms with E-state index in [0.29, 0.717) is 25.2 Å². The van der Waals surface area contributed by atoms with Crippen molar-refractivity contribution < 1.29 is 13.6 Å². The van der Waals surface area contributed by atoms with Gasteiger partial charge >= 0.3 is 0 Å². The van der Waals surface area contributed by atoms with Gasteiger partial charge in [-0.2, -0.15) is 0 Å². The Morgan fingerprint density at radius 3 is 2.46 bits per heavy atom. The minimum atomic E-state index is -0.421. The number of piperazine rings is 2. The van der Waals surface area contributed by atoms with Gasteiger partial charge in [-0.05, 0) is 12.1 Å². The molecule has 1 N–H and O–H groups in total. The molecule has 0 atom stereocenters. The van der Waals surface area contributed by atoms with Crippen LogP contribution in [0.2, 0.25) is 0 Å². The fraction of sp³-hybridized carbons (Fsp3) is 0.588. The molecule has 5 nitrogen and oxygen atoms in total. The maximum atomic E-state index is 13.8. The molecular weight excluding hydrogens is 314 g/mol. The lowest BCUT2D eigenvalue weighted by molar-refractivity contribution is -0.132. The van der Waals surface area contributed by atoms with Gasteiger partial charge in [-0.1, -0.05) is 0 Å². The predicted molar refractivity (Wildman–Crippen MR) is 89.1 cm³/mol. The van der Waals surface area contributed by atoms with E-state index in [1.165, 1.54) is 12.1 Å². The fourth-order valence-electron chi connectivity index (χ4n) is 3.27. The molecule has 1 aromatic carbocycles. The second-order valence-electron chi connectivity index (χ2n) is 6.31. The summed E-state index contributed by atoms with van der Waals surface area (Å²) < 4.78 is 27.1. The number of carbonyl (C=O) groups is 1. The molecule has 1 amide bonds. The van der Waals surface area contributed by atoms with E-state index in [4.69, 9.17) is 0 Å². The van der Waals surface area contributed by atoms with Crippen LogP contribution in [0.5, 0.6) is 0 Å². The lowest BCUT2D eigenvalue weighted by atomic mass is 10.2. The molecular formula is C17H24F2N4O. The molecule has 0 spiro atoms. The highest BCUT2D eigenvalue weighted by Gasteiger charge is 2.22. The zero-order valence-electron chi connectivity index (χ0n) is 13.8. The van der Waals surface area contributed by atoms with Gasteiger partial charge in [-0.15, -0.1) is 0 Å². The van der Waals surface area contributed by atoms with Crippen molar-refractivity contribution in [1.29, 1.82) is 0 Å². The zero-order chi connectivity index (χ0) is 16.9. The monoisotopic (exact) mass is 338 g/mol. The van der Waals surface area contributed by atoms with Gasteiger partial charge in [0, 0.05) is 71.4 Å². The van der Waals surface area contributed by atoms with Crippen molar-refractivity contribution in [2.75, 3.05) is 63.8 Å². The van der Waals surface area contributed by atoms with Gasteiger partial charge in [0.2, 0.25) is 5.91 Å². The van der Waals surface area contributed by atoms with Gasteiger partial charge in [-0.25, -0.2) is 8.78 Å². The van der Waals surface area contributed by atoms with E-state index in [1.54, 1.807) is 0 Å². The molecule has 7 heteroatoms. The SMILES string of the molecule is O=C(CCN1CCN(c2cc(F)ccc2F)CC1)N1CCNCC1. The molecule has 2 saturated heterocycles. The summed E-state index contributed by atoms with van der Waals surface area (Å²) in [5.74, 6) is -0.607. The number of halogens is 2. The van der Waals surface area contributed by atoms with Crippen molar-refractivity contribution in [3.63, 3.8) is 0 Å². The number of hydrogen-bond acceptors (Lipinski definition) is 4. The van der Waals surface area contributed by atoms with Crippen LogP contribution in [0.15, 0.2) is 18.2 Å². The predicted octanol–water partition coefficient (Wildman–Crippen LogP) is 0.909. The van der Waals surface area contributed by atoms with Crippen molar-refractivity contribution in [3.05, 3.63) is 29.8 Å². The lowest BCUT2D eigenvalue weighted by Gasteiger charge is -2.36. The summed E-state index contributed by atoms with van der Waals surface area (Å²) in [7, 11) is 0. The van der Waals surface area contributed by atoms with Gasteiger partial charge in [0.25, 0.3) is 0 Å². The molecule has 2 fully saturated rings. The van der Waals surface area contributed by atoms with E-state index in [2.05, 4.69) is 10.2 Å². The van der Waals surface area contributed by atoms with Crippen LogP contribution in [-0.4, -0.2) is 74.6 Å². The molecule has 0 unspecified atom stereocenters. The zero-order valence-corrected chi connectivity index (χ0v) is 13.8. The van der Waals surface area contributed by atoms with Gasteiger partial charge in [0.05, 0.1) is 5.69 Å². The molecule has 24 heavy (non-hydrogen) atoms. The Balaban J connectivity index is 1.45. The van der Waals surface area contributed by atoms with Crippen molar-refractivity contribution in [2.24, 2.45) is 0 Å². The van der Waals surface area contributed by atoms with E-state index in [-0.39, 0.29) is 5.91 Å². The van der Waals surface area contributed by atoms with Crippen LogP contribution in [0.3, 0.4) is 0 Å². The van der Waals surface area contributed by atoms with Crippen molar-refractivity contribution >= 4 is 11.6 Å². The van der Waals surface area contributed by atoms with E-state index in [1.807, 2.05) is 9.80 Å². The van der Waals surface area contributed by atoms with E-state index in [0.717, 1.165) is 51.9 Å². The van der Waals surface area contributed by atoms with Gasteiger partial charge in [0.1, 0.15) is 11.6 Å². The molecule has 0 bridgehead atoms. The Hall–Kier alpha value is -1.73. The molecule has 0 saturated carbocycles. The Kier molecular flexibility index (Phi) is 5.63. The summed E-state index contributed by atoms with van der Waals surface area (Å²) in [6, 6.07) is 3.55. The molecule has 2 heterocycles. The van der Waals surface area contributed by atoms with Gasteiger partial charge < -0.3 is 15.1 Å². The van der Waals surface area contributed by atoms with Gasteiger partial charge in [-0.3, -0.25) is 9.69 Å². The number of hydrogen-bond donors (Lipinski definition) is 1. The minimum absolute atomic E-state index is 0.204.